The van der Waals surface area contributed by atoms with Crippen molar-refractivity contribution in [3.8, 4) is 20.9 Å². The lowest BCUT2D eigenvalue weighted by Crippen LogP contribution is -2.51. The summed E-state index contributed by atoms with van der Waals surface area (Å²) in [6.07, 6.45) is -0.0722. The van der Waals surface area contributed by atoms with E-state index in [4.69, 9.17) is 18.9 Å². The topological polar surface area (TPSA) is 105 Å². The summed E-state index contributed by atoms with van der Waals surface area (Å²) < 4.78 is 20.6. The van der Waals surface area contributed by atoms with Gasteiger partial charge in [0.05, 0.1) is 28.4 Å². The molecule has 0 N–H and O–H groups in total. The van der Waals surface area contributed by atoms with E-state index in [1.54, 1.807) is 22.7 Å². The molecule has 0 amide bonds. The van der Waals surface area contributed by atoms with Crippen molar-refractivity contribution in [2.24, 2.45) is 17.3 Å². The number of ether oxygens (including phenoxy) is 4. The molecule has 0 unspecified atom stereocenters. The van der Waals surface area contributed by atoms with E-state index in [1.807, 2.05) is 83.6 Å². The Bertz CT molecular complexity index is 1580. The molecule has 0 bridgehead atoms. The molecule has 2 aromatic heterocycles. The minimum absolute atomic E-state index is 0.0722. The van der Waals surface area contributed by atoms with Gasteiger partial charge in [-0.15, -0.1) is 22.7 Å². The molecule has 228 valence electrons. The van der Waals surface area contributed by atoms with E-state index >= 15 is 0 Å². The minimum Gasteiger partial charge on any atom is -0.468 e. The Balaban J connectivity index is 1.75. The van der Waals surface area contributed by atoms with Gasteiger partial charge in [0, 0.05) is 15.7 Å². The van der Waals surface area contributed by atoms with E-state index in [-0.39, 0.29) is 6.42 Å². The van der Waals surface area contributed by atoms with Crippen LogP contribution in [0.15, 0.2) is 83.6 Å². The molecule has 1 aliphatic carbocycles. The summed E-state index contributed by atoms with van der Waals surface area (Å²) in [6.45, 7) is 0. The molecule has 0 spiro atoms. The predicted molar refractivity (Wildman–Crippen MR) is 167 cm³/mol. The molecule has 10 heteroatoms. The maximum atomic E-state index is 13.8. The van der Waals surface area contributed by atoms with E-state index in [0.29, 0.717) is 0 Å². The molecule has 0 saturated heterocycles. The van der Waals surface area contributed by atoms with E-state index in [0.717, 1.165) is 46.2 Å². The first-order chi connectivity index (χ1) is 21.3. The highest BCUT2D eigenvalue weighted by molar-refractivity contribution is 7.13. The van der Waals surface area contributed by atoms with Crippen LogP contribution < -0.4 is 0 Å². The summed E-state index contributed by atoms with van der Waals surface area (Å²) in [5.41, 5.74) is 1.54. The van der Waals surface area contributed by atoms with Crippen LogP contribution in [0, 0.1) is 17.3 Å². The maximum Gasteiger partial charge on any atom is 0.323 e. The molecule has 0 aliphatic heterocycles. The molecule has 1 saturated carbocycles. The van der Waals surface area contributed by atoms with Gasteiger partial charge >= 0.3 is 23.9 Å². The highest BCUT2D eigenvalue weighted by atomic mass is 32.1. The van der Waals surface area contributed by atoms with Crippen LogP contribution in [0.1, 0.15) is 29.4 Å². The fourth-order valence-corrected chi connectivity index (χ4v) is 8.07. The second-order valence-corrected chi connectivity index (χ2v) is 12.4. The van der Waals surface area contributed by atoms with Crippen LogP contribution in [0.4, 0.5) is 0 Å². The smallest absolute Gasteiger partial charge is 0.323 e. The number of esters is 4. The van der Waals surface area contributed by atoms with Crippen LogP contribution in [0.2, 0.25) is 0 Å². The Labute approximate surface area is 263 Å². The van der Waals surface area contributed by atoms with Gasteiger partial charge in [0.15, 0.2) is 11.3 Å². The van der Waals surface area contributed by atoms with Crippen molar-refractivity contribution in [3.05, 3.63) is 94.7 Å². The molecule has 5 rings (SSSR count). The molecular weight excluding hydrogens is 601 g/mol. The summed E-state index contributed by atoms with van der Waals surface area (Å²) in [7, 11) is 4.64. The predicted octanol–water partition coefficient (Wildman–Crippen LogP) is 6.33. The quantitative estimate of drug-likeness (QED) is 0.120. The van der Waals surface area contributed by atoms with Gasteiger partial charge in [0.1, 0.15) is 0 Å². The van der Waals surface area contributed by atoms with Crippen LogP contribution in [0.5, 0.6) is 0 Å². The summed E-state index contributed by atoms with van der Waals surface area (Å²) >= 11 is 3.22. The first kappa shape index (κ1) is 31.2. The lowest BCUT2D eigenvalue weighted by atomic mass is 9.66. The van der Waals surface area contributed by atoms with E-state index < -0.39 is 53.0 Å². The first-order valence-electron chi connectivity index (χ1n) is 13.9. The molecule has 8 nitrogen and oxygen atoms in total. The Morgan fingerprint density at radius 2 is 1.11 bits per heavy atom. The number of rotatable bonds is 9. The molecule has 0 radical (unpaired) electrons. The molecule has 1 aliphatic rings. The highest BCUT2D eigenvalue weighted by Gasteiger charge is 2.69. The Hall–Kier alpha value is -4.28. The average molecular weight is 633 g/mol. The third kappa shape index (κ3) is 5.44. The summed E-state index contributed by atoms with van der Waals surface area (Å²) in [4.78, 5) is 56.6. The van der Waals surface area contributed by atoms with Gasteiger partial charge in [-0.2, -0.15) is 0 Å². The lowest BCUT2D eigenvalue weighted by Gasteiger charge is -2.35. The zero-order valence-corrected chi connectivity index (χ0v) is 26.3. The van der Waals surface area contributed by atoms with E-state index in [2.05, 4.69) is 0 Å². The van der Waals surface area contributed by atoms with Crippen molar-refractivity contribution in [3.63, 3.8) is 0 Å². The number of hydrogen-bond acceptors (Lipinski definition) is 10. The normalized spacial score (nSPS) is 18.9. The second-order valence-electron chi connectivity index (χ2n) is 10.5. The maximum absolute atomic E-state index is 13.8. The van der Waals surface area contributed by atoms with Gasteiger partial charge in [-0.25, -0.2) is 0 Å². The highest BCUT2D eigenvalue weighted by Crippen LogP contribution is 2.62. The fraction of sp³-hybridized carbons (Fsp3) is 0.294. The van der Waals surface area contributed by atoms with Crippen LogP contribution >= 0.6 is 22.7 Å². The largest absolute Gasteiger partial charge is 0.468 e. The number of methoxy groups -OCH3 is 4. The van der Waals surface area contributed by atoms with Crippen molar-refractivity contribution in [1.29, 1.82) is 0 Å². The van der Waals surface area contributed by atoms with E-state index in [1.165, 1.54) is 14.2 Å². The third-order valence-corrected chi connectivity index (χ3v) is 10.4. The third-order valence-electron chi connectivity index (χ3n) is 8.55. The van der Waals surface area contributed by atoms with Crippen LogP contribution in [0.25, 0.3) is 20.9 Å². The second kappa shape index (κ2) is 13.2. The molecule has 1 fully saturated rings. The average Bonchev–Trinajstić information content (AvgIpc) is 3.86. The van der Waals surface area contributed by atoms with Crippen LogP contribution in [-0.2, 0) is 38.1 Å². The van der Waals surface area contributed by atoms with Gasteiger partial charge in [-0.1, -0.05) is 60.7 Å². The van der Waals surface area contributed by atoms with Crippen molar-refractivity contribution in [1.82, 2.24) is 0 Å². The zero-order valence-electron chi connectivity index (χ0n) is 24.7. The monoisotopic (exact) mass is 632 g/mol. The van der Waals surface area contributed by atoms with Crippen LogP contribution in [0.3, 0.4) is 0 Å². The first-order valence-corrected chi connectivity index (χ1v) is 15.7. The Kier molecular flexibility index (Phi) is 9.31. The molecule has 2 aromatic carbocycles. The molecule has 3 atom stereocenters. The number of carbonyl (C=O) groups excluding carboxylic acids is 4. The number of hydrogen-bond donors (Lipinski definition) is 0. The Morgan fingerprint density at radius 1 is 0.659 bits per heavy atom. The fourth-order valence-electron chi connectivity index (χ4n) is 6.60. The summed E-state index contributed by atoms with van der Waals surface area (Å²) in [6, 6.07) is 23.6. The van der Waals surface area contributed by atoms with Crippen LogP contribution in [-0.4, -0.2) is 52.3 Å². The zero-order chi connectivity index (χ0) is 31.4. The molecule has 44 heavy (non-hydrogen) atoms. The van der Waals surface area contributed by atoms with Crippen molar-refractivity contribution in [2.75, 3.05) is 28.4 Å². The van der Waals surface area contributed by atoms with Crippen molar-refractivity contribution >= 4 is 46.6 Å². The molecule has 2 heterocycles. The number of benzene rings is 2. The SMILES string of the molecule is COC(=O)C(C(=O)OC)[C@@H]1[C@@H](c2ccc(-c3cccs3)cc2)[C@H](c2ccc(-c3cccs3)cc2)CC1(C(=O)OC)C(=O)OC. The summed E-state index contributed by atoms with van der Waals surface area (Å²) in [5, 5.41) is 3.99. The number of carbonyl (C=O) groups is 4. The summed E-state index contributed by atoms with van der Waals surface area (Å²) in [5.74, 6) is -7.71. The van der Waals surface area contributed by atoms with Gasteiger partial charge < -0.3 is 18.9 Å². The Morgan fingerprint density at radius 3 is 1.50 bits per heavy atom. The van der Waals surface area contributed by atoms with E-state index in [9.17, 15) is 19.2 Å². The van der Waals surface area contributed by atoms with Gasteiger partial charge in [0.2, 0.25) is 0 Å². The van der Waals surface area contributed by atoms with Crippen molar-refractivity contribution in [2.45, 2.75) is 18.3 Å². The molecule has 4 aromatic rings. The van der Waals surface area contributed by atoms with Crippen molar-refractivity contribution < 1.29 is 38.1 Å². The lowest BCUT2D eigenvalue weighted by molar-refractivity contribution is -0.178. The van der Waals surface area contributed by atoms with Gasteiger partial charge in [-0.05, 0) is 63.4 Å². The minimum atomic E-state index is -2.02. The van der Waals surface area contributed by atoms with Gasteiger partial charge in [-0.3, -0.25) is 19.2 Å². The standard InChI is InChI=1S/C34H32O8S2/c1-39-30(35)28(31(36)40-2)29-27(23-15-13-22(14-16-23)26-8-6-18-44-26)24(19-34(29,32(37)41-3)33(38)42-4)20-9-11-21(12-10-20)25-7-5-17-43-25/h5-18,24,27-29H,19H2,1-4H3/t24-,27-,29-/m0/s1. The number of thiophene rings is 2. The molecular formula is C34H32O8S2. The van der Waals surface area contributed by atoms with Gasteiger partial charge in [0.25, 0.3) is 0 Å².